The second-order valence-corrected chi connectivity index (χ2v) is 4.64. The Morgan fingerprint density at radius 2 is 2.25 bits per heavy atom. The molecular weight excluding hydrogens is 302 g/mol. The third-order valence-electron chi connectivity index (χ3n) is 2.15. The molecule has 0 heterocycles. The van der Waals surface area contributed by atoms with Crippen LogP contribution in [-0.2, 0) is 20.0 Å². The van der Waals surface area contributed by atoms with Crippen LogP contribution in [0.3, 0.4) is 0 Å². The maximum Gasteiger partial charge on any atom is 0.377 e. The predicted molar refractivity (Wildman–Crippen MR) is 76.1 cm³/mol. The van der Waals surface area contributed by atoms with Gasteiger partial charge in [-0.3, -0.25) is 0 Å². The number of nitriles is 1. The lowest BCUT2D eigenvalue weighted by atomic mass is 10.2. The Balaban J connectivity index is 3.03. The topological polar surface area (TPSA) is 68.5 Å². The number of esters is 1. The summed E-state index contributed by atoms with van der Waals surface area (Å²) < 4.78 is 14.8. The van der Waals surface area contributed by atoms with E-state index in [1.165, 1.54) is 14.2 Å². The molecule has 0 saturated heterocycles. The van der Waals surface area contributed by atoms with Crippen molar-refractivity contribution in [3.8, 4) is 11.2 Å². The number of hydrogen-bond donors (Lipinski definition) is 0. The zero-order chi connectivity index (χ0) is 15.0. The van der Waals surface area contributed by atoms with Gasteiger partial charge in [-0.15, -0.1) is 0 Å². The second kappa shape index (κ2) is 8.35. The molecule has 0 fully saturated rings. The van der Waals surface area contributed by atoms with Crippen LogP contribution in [-0.4, -0.2) is 20.2 Å². The van der Waals surface area contributed by atoms with Gasteiger partial charge in [0.25, 0.3) is 0 Å². The number of rotatable bonds is 6. The molecule has 20 heavy (non-hydrogen) atoms. The predicted octanol–water partition coefficient (Wildman–Crippen LogP) is 3.09. The van der Waals surface area contributed by atoms with Gasteiger partial charge >= 0.3 is 5.97 Å². The summed E-state index contributed by atoms with van der Waals surface area (Å²) in [6.45, 7) is 0. The van der Waals surface area contributed by atoms with E-state index in [2.05, 4.69) is 4.74 Å². The number of thiocyanates is 1. The molecule has 0 amide bonds. The van der Waals surface area contributed by atoms with E-state index in [9.17, 15) is 4.79 Å². The number of carbonyl (C=O) groups is 1. The Labute approximate surface area is 126 Å². The van der Waals surface area contributed by atoms with Gasteiger partial charge < -0.3 is 14.2 Å². The van der Waals surface area contributed by atoms with Crippen LogP contribution in [0.4, 0.5) is 0 Å². The highest BCUT2D eigenvalue weighted by atomic mass is 35.5. The molecule has 0 aromatic heterocycles. The lowest BCUT2D eigenvalue weighted by molar-refractivity contribution is -0.138. The Hall–Kier alpha value is -1.84. The molecule has 0 atom stereocenters. The van der Waals surface area contributed by atoms with Crippen LogP contribution in [0.25, 0.3) is 0 Å². The fourth-order valence-corrected chi connectivity index (χ4v) is 1.95. The van der Waals surface area contributed by atoms with E-state index in [0.717, 1.165) is 18.0 Å². The summed E-state index contributed by atoms with van der Waals surface area (Å²) in [5.41, 5.74) is 0.690. The first-order valence-corrected chi connectivity index (χ1v) is 6.77. The molecule has 0 aliphatic heterocycles. The Morgan fingerprint density at radius 1 is 1.50 bits per heavy atom. The van der Waals surface area contributed by atoms with Crippen LogP contribution in [0.5, 0.6) is 5.75 Å². The molecule has 0 bridgehead atoms. The number of halogens is 1. The van der Waals surface area contributed by atoms with Crippen LogP contribution < -0.4 is 4.74 Å². The highest BCUT2D eigenvalue weighted by Gasteiger charge is 2.15. The summed E-state index contributed by atoms with van der Waals surface area (Å²) in [6.07, 6.45) is 1.14. The van der Waals surface area contributed by atoms with Gasteiger partial charge in [-0.1, -0.05) is 11.6 Å². The lowest BCUT2D eigenvalue weighted by Crippen LogP contribution is -2.12. The molecule has 0 spiro atoms. The highest BCUT2D eigenvalue weighted by molar-refractivity contribution is 8.02. The zero-order valence-corrected chi connectivity index (χ0v) is 12.5. The van der Waals surface area contributed by atoms with Gasteiger partial charge in [0.05, 0.1) is 14.2 Å². The van der Waals surface area contributed by atoms with Gasteiger partial charge in [-0.05, 0) is 30.0 Å². The SMILES string of the molecule is COC=C(Oc1ccc(Cl)cc1CSC#N)C(=O)OC. The minimum absolute atomic E-state index is 0.0967. The molecule has 0 unspecified atom stereocenters. The van der Waals surface area contributed by atoms with Crippen molar-refractivity contribution in [1.29, 1.82) is 5.26 Å². The molecule has 0 aliphatic carbocycles. The average molecular weight is 314 g/mol. The highest BCUT2D eigenvalue weighted by Crippen LogP contribution is 2.28. The molecule has 1 aromatic rings. The van der Waals surface area contributed by atoms with Crippen molar-refractivity contribution >= 4 is 29.3 Å². The van der Waals surface area contributed by atoms with Gasteiger partial charge in [0.15, 0.2) is 0 Å². The lowest BCUT2D eigenvalue weighted by Gasteiger charge is -2.11. The van der Waals surface area contributed by atoms with Crippen molar-refractivity contribution in [2.24, 2.45) is 0 Å². The molecular formula is C13H12ClNO4S. The average Bonchev–Trinajstić information content (AvgIpc) is 2.45. The standard InChI is InChI=1S/C13H12ClNO4S/c1-17-6-12(13(16)18-2)19-11-4-3-10(14)5-9(11)7-20-8-15/h3-6H,7H2,1-2H3. The fraction of sp³-hybridized carbons (Fsp3) is 0.231. The zero-order valence-electron chi connectivity index (χ0n) is 10.9. The third kappa shape index (κ3) is 4.68. The minimum atomic E-state index is -0.666. The molecule has 0 radical (unpaired) electrons. The molecule has 0 saturated carbocycles. The summed E-state index contributed by atoms with van der Waals surface area (Å²) in [6, 6.07) is 4.91. The van der Waals surface area contributed by atoms with Crippen molar-refractivity contribution in [1.82, 2.24) is 0 Å². The Morgan fingerprint density at radius 3 is 2.85 bits per heavy atom. The Bertz CT molecular complexity index is 554. The molecule has 1 aromatic carbocycles. The van der Waals surface area contributed by atoms with E-state index >= 15 is 0 Å². The number of carbonyl (C=O) groups excluding carboxylic acids is 1. The fourth-order valence-electron chi connectivity index (χ4n) is 1.31. The van der Waals surface area contributed by atoms with Gasteiger partial charge in [-0.25, -0.2) is 4.79 Å². The van der Waals surface area contributed by atoms with Crippen LogP contribution >= 0.6 is 23.4 Å². The quantitative estimate of drug-likeness (QED) is 0.348. The summed E-state index contributed by atoms with van der Waals surface area (Å²) >= 11 is 6.94. The smallest absolute Gasteiger partial charge is 0.377 e. The summed E-state index contributed by atoms with van der Waals surface area (Å²) in [5.74, 6) is 0.0282. The number of thioether (sulfide) groups is 1. The van der Waals surface area contributed by atoms with Crippen LogP contribution in [0.1, 0.15) is 5.56 Å². The monoisotopic (exact) mass is 313 g/mol. The van der Waals surface area contributed by atoms with Crippen LogP contribution in [0.2, 0.25) is 5.02 Å². The minimum Gasteiger partial charge on any atom is -0.500 e. The molecule has 0 N–H and O–H groups in total. The molecule has 106 valence electrons. The number of ether oxygens (including phenoxy) is 3. The number of hydrogen-bond acceptors (Lipinski definition) is 6. The van der Waals surface area contributed by atoms with Crippen LogP contribution in [0.15, 0.2) is 30.2 Å². The van der Waals surface area contributed by atoms with E-state index in [4.69, 9.17) is 26.3 Å². The maximum absolute atomic E-state index is 11.5. The van der Waals surface area contributed by atoms with Crippen molar-refractivity contribution in [2.75, 3.05) is 14.2 Å². The summed E-state index contributed by atoms with van der Waals surface area (Å²) in [5, 5.41) is 11.1. The van der Waals surface area contributed by atoms with E-state index in [-0.39, 0.29) is 5.76 Å². The van der Waals surface area contributed by atoms with E-state index in [1.807, 2.05) is 5.40 Å². The first-order valence-electron chi connectivity index (χ1n) is 5.40. The van der Waals surface area contributed by atoms with E-state index in [0.29, 0.717) is 22.1 Å². The van der Waals surface area contributed by atoms with Crippen molar-refractivity contribution in [2.45, 2.75) is 5.75 Å². The molecule has 7 heteroatoms. The number of methoxy groups -OCH3 is 2. The van der Waals surface area contributed by atoms with Crippen molar-refractivity contribution in [3.05, 3.63) is 40.8 Å². The maximum atomic E-state index is 11.5. The van der Waals surface area contributed by atoms with E-state index in [1.54, 1.807) is 18.2 Å². The van der Waals surface area contributed by atoms with Crippen molar-refractivity contribution < 1.29 is 19.0 Å². The number of benzene rings is 1. The number of nitrogens with zero attached hydrogens (tertiary/aromatic N) is 1. The molecule has 5 nitrogen and oxygen atoms in total. The van der Waals surface area contributed by atoms with E-state index < -0.39 is 5.97 Å². The second-order valence-electron chi connectivity index (χ2n) is 3.44. The van der Waals surface area contributed by atoms with Gasteiger partial charge in [0.1, 0.15) is 17.4 Å². The summed E-state index contributed by atoms with van der Waals surface area (Å²) in [4.78, 5) is 11.5. The largest absolute Gasteiger partial charge is 0.500 e. The molecule has 0 aliphatic rings. The normalized spacial score (nSPS) is 10.6. The summed E-state index contributed by atoms with van der Waals surface area (Å²) in [7, 11) is 2.63. The first kappa shape index (κ1) is 16.2. The Kier molecular flexibility index (Phi) is 6.77. The first-order chi connectivity index (χ1) is 9.62. The molecule has 1 rings (SSSR count). The van der Waals surface area contributed by atoms with Gasteiger partial charge in [-0.2, -0.15) is 5.26 Å². The van der Waals surface area contributed by atoms with Crippen LogP contribution in [0, 0.1) is 10.7 Å². The van der Waals surface area contributed by atoms with Crippen molar-refractivity contribution in [3.63, 3.8) is 0 Å². The van der Waals surface area contributed by atoms with Gasteiger partial charge in [0, 0.05) is 16.3 Å². The third-order valence-corrected chi connectivity index (χ3v) is 2.97. The van der Waals surface area contributed by atoms with Gasteiger partial charge in [0.2, 0.25) is 5.76 Å².